The van der Waals surface area contributed by atoms with Gasteiger partial charge in [-0.25, -0.2) is 8.78 Å². The highest BCUT2D eigenvalue weighted by Crippen LogP contribution is 2.15. The summed E-state index contributed by atoms with van der Waals surface area (Å²) in [6.07, 6.45) is 1.50. The molecular formula is C14H16F2N4O. The monoisotopic (exact) mass is 294 g/mol. The van der Waals surface area contributed by atoms with Gasteiger partial charge in [0.1, 0.15) is 5.69 Å². The van der Waals surface area contributed by atoms with Crippen molar-refractivity contribution in [2.24, 2.45) is 0 Å². The van der Waals surface area contributed by atoms with Crippen LogP contribution in [0.25, 0.3) is 0 Å². The van der Waals surface area contributed by atoms with Crippen LogP contribution in [-0.2, 0) is 0 Å². The van der Waals surface area contributed by atoms with Crippen LogP contribution in [0.1, 0.15) is 29.0 Å². The third-order valence-corrected chi connectivity index (χ3v) is 3.05. The Hall–Kier alpha value is -2.28. The lowest BCUT2D eigenvalue weighted by Gasteiger charge is -2.14. The largest absolute Gasteiger partial charge is 0.349 e. The van der Waals surface area contributed by atoms with Gasteiger partial charge in [0, 0.05) is 25.3 Å². The Morgan fingerprint density at radius 1 is 1.29 bits per heavy atom. The van der Waals surface area contributed by atoms with Gasteiger partial charge in [-0.2, -0.15) is 5.10 Å². The van der Waals surface area contributed by atoms with E-state index in [-0.39, 0.29) is 11.9 Å². The van der Waals surface area contributed by atoms with Crippen LogP contribution in [0.15, 0.2) is 30.5 Å². The van der Waals surface area contributed by atoms with Crippen LogP contribution in [0.5, 0.6) is 0 Å². The van der Waals surface area contributed by atoms with Crippen molar-refractivity contribution in [3.63, 3.8) is 0 Å². The van der Waals surface area contributed by atoms with Crippen molar-refractivity contribution in [3.05, 3.63) is 53.4 Å². The fourth-order valence-electron chi connectivity index (χ4n) is 1.84. The van der Waals surface area contributed by atoms with Crippen LogP contribution in [0.3, 0.4) is 0 Å². The van der Waals surface area contributed by atoms with E-state index in [1.165, 1.54) is 12.3 Å². The van der Waals surface area contributed by atoms with Crippen LogP contribution in [0.4, 0.5) is 8.78 Å². The molecule has 0 saturated heterocycles. The lowest BCUT2D eigenvalue weighted by atomic mass is 10.1. The number of amides is 1. The first-order valence-corrected chi connectivity index (χ1v) is 6.54. The maximum Gasteiger partial charge on any atom is 0.269 e. The molecule has 1 atom stereocenters. The predicted octanol–water partition coefficient (Wildman–Crippen LogP) is 1.77. The minimum atomic E-state index is -0.867. The van der Waals surface area contributed by atoms with Crippen molar-refractivity contribution in [2.75, 3.05) is 13.1 Å². The van der Waals surface area contributed by atoms with E-state index in [1.54, 1.807) is 6.07 Å². The van der Waals surface area contributed by atoms with Crippen LogP contribution < -0.4 is 10.6 Å². The molecule has 0 aliphatic heterocycles. The first-order chi connectivity index (χ1) is 10.1. The molecule has 5 nitrogen and oxygen atoms in total. The molecular weight excluding hydrogens is 278 g/mol. The number of H-pyrrole nitrogens is 1. The molecule has 1 amide bonds. The molecule has 0 bridgehead atoms. The zero-order valence-corrected chi connectivity index (χ0v) is 11.5. The molecule has 1 aromatic heterocycles. The van der Waals surface area contributed by atoms with E-state index >= 15 is 0 Å². The van der Waals surface area contributed by atoms with Gasteiger partial charge in [-0.15, -0.1) is 0 Å². The molecule has 21 heavy (non-hydrogen) atoms. The number of halogens is 2. The maximum absolute atomic E-state index is 13.1. The Morgan fingerprint density at radius 2 is 2.10 bits per heavy atom. The van der Waals surface area contributed by atoms with Gasteiger partial charge in [0.15, 0.2) is 11.6 Å². The Kier molecular flexibility index (Phi) is 4.99. The van der Waals surface area contributed by atoms with Crippen molar-refractivity contribution < 1.29 is 13.6 Å². The van der Waals surface area contributed by atoms with Gasteiger partial charge in [-0.3, -0.25) is 9.89 Å². The first-order valence-electron chi connectivity index (χ1n) is 6.54. The van der Waals surface area contributed by atoms with E-state index in [0.29, 0.717) is 24.3 Å². The zero-order valence-electron chi connectivity index (χ0n) is 11.5. The summed E-state index contributed by atoms with van der Waals surface area (Å²) >= 11 is 0. The highest BCUT2D eigenvalue weighted by atomic mass is 19.2. The number of benzene rings is 1. The molecule has 2 aromatic rings. The second-order valence-corrected chi connectivity index (χ2v) is 4.58. The molecule has 0 unspecified atom stereocenters. The normalized spacial score (nSPS) is 12.1. The number of aromatic nitrogens is 2. The summed E-state index contributed by atoms with van der Waals surface area (Å²) in [5.41, 5.74) is 1.04. The Bertz CT molecular complexity index is 601. The summed E-state index contributed by atoms with van der Waals surface area (Å²) in [5.74, 6) is -1.97. The number of nitrogens with zero attached hydrogens (tertiary/aromatic N) is 1. The number of hydrogen-bond acceptors (Lipinski definition) is 3. The average Bonchev–Trinajstić information content (AvgIpc) is 3.00. The van der Waals surface area contributed by atoms with Crippen LogP contribution >= 0.6 is 0 Å². The average molecular weight is 294 g/mol. The number of nitrogens with one attached hydrogen (secondary N) is 3. The van der Waals surface area contributed by atoms with E-state index in [2.05, 4.69) is 20.8 Å². The molecule has 0 radical (unpaired) electrons. The Morgan fingerprint density at radius 3 is 2.76 bits per heavy atom. The minimum absolute atomic E-state index is 0.149. The molecule has 1 heterocycles. The Balaban J connectivity index is 1.75. The number of aromatic amines is 1. The first kappa shape index (κ1) is 15.1. The van der Waals surface area contributed by atoms with Gasteiger partial charge in [-0.05, 0) is 30.7 Å². The van der Waals surface area contributed by atoms with Gasteiger partial charge in [-0.1, -0.05) is 6.07 Å². The van der Waals surface area contributed by atoms with E-state index in [1.807, 2.05) is 6.92 Å². The van der Waals surface area contributed by atoms with E-state index < -0.39 is 11.6 Å². The third-order valence-electron chi connectivity index (χ3n) is 3.05. The molecule has 2 rings (SSSR count). The Labute approximate surface area is 120 Å². The fraction of sp³-hybridized carbons (Fsp3) is 0.286. The molecule has 0 saturated carbocycles. The minimum Gasteiger partial charge on any atom is -0.349 e. The lowest BCUT2D eigenvalue weighted by Crippen LogP contribution is -2.33. The summed E-state index contributed by atoms with van der Waals surface area (Å²) in [6.45, 7) is 2.75. The van der Waals surface area contributed by atoms with Crippen molar-refractivity contribution in [1.29, 1.82) is 0 Å². The summed E-state index contributed by atoms with van der Waals surface area (Å²) in [7, 11) is 0. The standard InChI is InChI=1S/C14H16F2N4O/c1-9(10-2-3-11(15)12(16)8-10)17-6-7-18-14(21)13-4-5-19-20-13/h2-5,8-9,17H,6-7H2,1H3,(H,18,21)(H,19,20)/t9-/m1/s1. The second kappa shape index (κ2) is 6.94. The van der Waals surface area contributed by atoms with Crippen LogP contribution in [0, 0.1) is 11.6 Å². The van der Waals surface area contributed by atoms with Crippen molar-refractivity contribution in [1.82, 2.24) is 20.8 Å². The topological polar surface area (TPSA) is 69.8 Å². The smallest absolute Gasteiger partial charge is 0.269 e. The lowest BCUT2D eigenvalue weighted by molar-refractivity contribution is 0.0948. The molecule has 0 fully saturated rings. The van der Waals surface area contributed by atoms with E-state index in [9.17, 15) is 13.6 Å². The maximum atomic E-state index is 13.1. The molecule has 0 aliphatic carbocycles. The molecule has 112 valence electrons. The zero-order chi connectivity index (χ0) is 15.2. The van der Waals surface area contributed by atoms with Crippen molar-refractivity contribution >= 4 is 5.91 Å². The summed E-state index contributed by atoms with van der Waals surface area (Å²) in [6, 6.07) is 5.22. The molecule has 0 spiro atoms. The summed E-state index contributed by atoms with van der Waals surface area (Å²) < 4.78 is 26.0. The number of carbonyl (C=O) groups is 1. The quantitative estimate of drug-likeness (QED) is 0.711. The van der Waals surface area contributed by atoms with Gasteiger partial charge < -0.3 is 10.6 Å². The highest BCUT2D eigenvalue weighted by molar-refractivity contribution is 5.92. The van der Waals surface area contributed by atoms with Gasteiger partial charge in [0.25, 0.3) is 5.91 Å². The third kappa shape index (κ3) is 4.09. The van der Waals surface area contributed by atoms with Crippen molar-refractivity contribution in [3.8, 4) is 0 Å². The van der Waals surface area contributed by atoms with Crippen LogP contribution in [-0.4, -0.2) is 29.2 Å². The van der Waals surface area contributed by atoms with Gasteiger partial charge >= 0.3 is 0 Å². The van der Waals surface area contributed by atoms with Crippen LogP contribution in [0.2, 0.25) is 0 Å². The van der Waals surface area contributed by atoms with E-state index in [4.69, 9.17) is 0 Å². The summed E-state index contributed by atoms with van der Waals surface area (Å²) in [5, 5.41) is 12.1. The fourth-order valence-corrected chi connectivity index (χ4v) is 1.84. The summed E-state index contributed by atoms with van der Waals surface area (Å²) in [4.78, 5) is 11.6. The number of carbonyl (C=O) groups excluding carboxylic acids is 1. The second-order valence-electron chi connectivity index (χ2n) is 4.58. The number of hydrogen-bond donors (Lipinski definition) is 3. The highest BCUT2D eigenvalue weighted by Gasteiger charge is 2.09. The van der Waals surface area contributed by atoms with Gasteiger partial charge in [0.2, 0.25) is 0 Å². The van der Waals surface area contributed by atoms with Crippen molar-refractivity contribution in [2.45, 2.75) is 13.0 Å². The molecule has 1 aromatic carbocycles. The molecule has 3 N–H and O–H groups in total. The molecule has 7 heteroatoms. The van der Waals surface area contributed by atoms with E-state index in [0.717, 1.165) is 12.1 Å². The van der Waals surface area contributed by atoms with Gasteiger partial charge in [0.05, 0.1) is 0 Å². The molecule has 0 aliphatic rings. The number of rotatable bonds is 6. The predicted molar refractivity (Wildman–Crippen MR) is 73.7 cm³/mol. The SMILES string of the molecule is C[C@@H](NCCNC(=O)c1ccn[nH]1)c1ccc(F)c(F)c1.